The van der Waals surface area contributed by atoms with Crippen molar-refractivity contribution in [2.24, 2.45) is 0 Å². The van der Waals surface area contributed by atoms with Crippen LogP contribution in [0.25, 0.3) is 0 Å². The summed E-state index contributed by atoms with van der Waals surface area (Å²) in [6.45, 7) is 8.03. The van der Waals surface area contributed by atoms with Gasteiger partial charge in [-0.15, -0.1) is 0 Å². The Hall–Kier alpha value is -0.850. The zero-order valence-corrected chi connectivity index (χ0v) is 9.02. The minimum absolute atomic E-state index is 0.0631. The van der Waals surface area contributed by atoms with Crippen LogP contribution in [0.15, 0.2) is 18.2 Å². The molecule has 0 amide bonds. The maximum Gasteiger partial charge on any atom is 0.126 e. The molecule has 0 nitrogen and oxygen atoms in total. The molecule has 0 aliphatic rings. The second-order valence-corrected chi connectivity index (χ2v) is 2.58. The highest BCUT2D eigenvalue weighted by Crippen LogP contribution is 2.14. The van der Waals surface area contributed by atoms with Crippen molar-refractivity contribution in [3.8, 4) is 0 Å². The third-order valence-electron chi connectivity index (χ3n) is 1.95. The van der Waals surface area contributed by atoms with Crippen LogP contribution in [-0.4, -0.2) is 0 Å². The van der Waals surface area contributed by atoms with Crippen LogP contribution in [0, 0.1) is 5.82 Å². The first-order valence-corrected chi connectivity index (χ1v) is 5.05. The standard InChI is InChI=1S/C10H13F.C2H6/c1-3-8-6-5-7-10(11)9(8)4-2;1-2/h5-7H,3-4H2,1-2H3;1-2H3. The number of rotatable bonds is 2. The first-order chi connectivity index (χ1) is 6.29. The molecule has 1 aromatic rings. The van der Waals surface area contributed by atoms with Gasteiger partial charge in [-0.3, -0.25) is 0 Å². The summed E-state index contributed by atoms with van der Waals surface area (Å²) in [4.78, 5) is 0. The van der Waals surface area contributed by atoms with E-state index in [2.05, 4.69) is 0 Å². The second-order valence-electron chi connectivity index (χ2n) is 2.58. The summed E-state index contributed by atoms with van der Waals surface area (Å²) in [5, 5.41) is 0. The SMILES string of the molecule is CC.CCc1cccc(F)c1CC. The fourth-order valence-electron chi connectivity index (χ4n) is 1.33. The highest BCUT2D eigenvalue weighted by atomic mass is 19.1. The van der Waals surface area contributed by atoms with Crippen LogP contribution in [0.5, 0.6) is 0 Å². The number of aryl methyl sites for hydroxylation is 1. The first-order valence-electron chi connectivity index (χ1n) is 5.05. The average Bonchev–Trinajstić information content (AvgIpc) is 2.20. The second kappa shape index (κ2) is 6.64. The van der Waals surface area contributed by atoms with E-state index in [1.165, 1.54) is 6.07 Å². The monoisotopic (exact) mass is 182 g/mol. The molecule has 0 N–H and O–H groups in total. The quantitative estimate of drug-likeness (QED) is 0.649. The van der Waals surface area contributed by atoms with E-state index in [0.717, 1.165) is 24.0 Å². The molecule has 0 bridgehead atoms. The lowest BCUT2D eigenvalue weighted by molar-refractivity contribution is 0.609. The molecule has 1 heteroatoms. The predicted molar refractivity (Wildman–Crippen MR) is 56.5 cm³/mol. The van der Waals surface area contributed by atoms with Gasteiger partial charge in [-0.1, -0.05) is 39.8 Å². The van der Waals surface area contributed by atoms with Crippen LogP contribution in [0.2, 0.25) is 0 Å². The normalized spacial score (nSPS) is 9.00. The summed E-state index contributed by atoms with van der Waals surface area (Å²) in [6, 6.07) is 5.28. The van der Waals surface area contributed by atoms with Crippen LogP contribution in [0.3, 0.4) is 0 Å². The van der Waals surface area contributed by atoms with Crippen LogP contribution < -0.4 is 0 Å². The van der Waals surface area contributed by atoms with Crippen LogP contribution >= 0.6 is 0 Å². The third-order valence-corrected chi connectivity index (χ3v) is 1.95. The number of hydrogen-bond donors (Lipinski definition) is 0. The van der Waals surface area contributed by atoms with Crippen molar-refractivity contribution in [2.75, 3.05) is 0 Å². The van der Waals surface area contributed by atoms with Gasteiger partial charge in [0.05, 0.1) is 0 Å². The van der Waals surface area contributed by atoms with Gasteiger partial charge in [-0.05, 0) is 30.0 Å². The van der Waals surface area contributed by atoms with E-state index in [-0.39, 0.29) is 5.82 Å². The Morgan fingerprint density at radius 1 is 1.08 bits per heavy atom. The predicted octanol–water partition coefficient (Wildman–Crippen LogP) is 3.98. The lowest BCUT2D eigenvalue weighted by Gasteiger charge is -2.05. The summed E-state index contributed by atoms with van der Waals surface area (Å²) in [6.07, 6.45) is 1.71. The maximum atomic E-state index is 13.0. The van der Waals surface area contributed by atoms with E-state index >= 15 is 0 Å². The van der Waals surface area contributed by atoms with Gasteiger partial charge in [0, 0.05) is 0 Å². The summed E-state index contributed by atoms with van der Waals surface area (Å²) >= 11 is 0. The highest BCUT2D eigenvalue weighted by Gasteiger charge is 2.02. The lowest BCUT2D eigenvalue weighted by atomic mass is 10.0. The number of benzene rings is 1. The van der Waals surface area contributed by atoms with Gasteiger partial charge < -0.3 is 0 Å². The van der Waals surface area contributed by atoms with Gasteiger partial charge in [0.2, 0.25) is 0 Å². The van der Waals surface area contributed by atoms with Crippen molar-refractivity contribution in [1.29, 1.82) is 0 Å². The van der Waals surface area contributed by atoms with E-state index in [1.54, 1.807) is 6.07 Å². The molecule has 1 aromatic carbocycles. The van der Waals surface area contributed by atoms with Crippen molar-refractivity contribution in [3.05, 3.63) is 35.1 Å². The van der Waals surface area contributed by atoms with Crippen molar-refractivity contribution in [3.63, 3.8) is 0 Å². The van der Waals surface area contributed by atoms with Crippen molar-refractivity contribution >= 4 is 0 Å². The van der Waals surface area contributed by atoms with Gasteiger partial charge in [-0.25, -0.2) is 4.39 Å². The van der Waals surface area contributed by atoms with Crippen molar-refractivity contribution < 1.29 is 4.39 Å². The molecule has 13 heavy (non-hydrogen) atoms. The van der Waals surface area contributed by atoms with E-state index < -0.39 is 0 Å². The minimum Gasteiger partial charge on any atom is -0.207 e. The molecule has 0 fully saturated rings. The van der Waals surface area contributed by atoms with Crippen LogP contribution in [0.4, 0.5) is 4.39 Å². The number of hydrogen-bond acceptors (Lipinski definition) is 0. The highest BCUT2D eigenvalue weighted by molar-refractivity contribution is 5.28. The van der Waals surface area contributed by atoms with Gasteiger partial charge in [-0.2, -0.15) is 0 Å². The molecule has 0 radical (unpaired) electrons. The fourth-order valence-corrected chi connectivity index (χ4v) is 1.33. The van der Waals surface area contributed by atoms with Gasteiger partial charge in [0.25, 0.3) is 0 Å². The van der Waals surface area contributed by atoms with E-state index in [0.29, 0.717) is 0 Å². The topological polar surface area (TPSA) is 0 Å². The Labute approximate surface area is 80.8 Å². The number of halogens is 1. The lowest BCUT2D eigenvalue weighted by Crippen LogP contribution is -1.94. The molecule has 0 unspecified atom stereocenters. The molecule has 0 aliphatic heterocycles. The maximum absolute atomic E-state index is 13.0. The van der Waals surface area contributed by atoms with Crippen molar-refractivity contribution in [2.45, 2.75) is 40.5 Å². The van der Waals surface area contributed by atoms with Crippen LogP contribution in [-0.2, 0) is 12.8 Å². The first kappa shape index (κ1) is 12.2. The van der Waals surface area contributed by atoms with Gasteiger partial charge in [0.1, 0.15) is 5.82 Å². The Morgan fingerprint density at radius 2 is 1.69 bits per heavy atom. The largest absolute Gasteiger partial charge is 0.207 e. The summed E-state index contributed by atoms with van der Waals surface area (Å²) in [5.74, 6) is -0.0631. The Kier molecular flexibility index (Phi) is 6.21. The smallest absolute Gasteiger partial charge is 0.126 e. The minimum atomic E-state index is -0.0631. The molecule has 0 aromatic heterocycles. The van der Waals surface area contributed by atoms with E-state index in [9.17, 15) is 4.39 Å². The van der Waals surface area contributed by atoms with Crippen molar-refractivity contribution in [1.82, 2.24) is 0 Å². The average molecular weight is 182 g/mol. The molecular weight excluding hydrogens is 163 g/mol. The zero-order chi connectivity index (χ0) is 10.3. The summed E-state index contributed by atoms with van der Waals surface area (Å²) < 4.78 is 13.0. The van der Waals surface area contributed by atoms with Crippen LogP contribution in [0.1, 0.15) is 38.8 Å². The Morgan fingerprint density at radius 3 is 2.08 bits per heavy atom. The molecule has 0 atom stereocenters. The zero-order valence-electron chi connectivity index (χ0n) is 9.02. The Bertz CT molecular complexity index is 241. The fraction of sp³-hybridized carbons (Fsp3) is 0.500. The molecule has 0 heterocycles. The molecule has 0 spiro atoms. The van der Waals surface area contributed by atoms with Gasteiger partial charge >= 0.3 is 0 Å². The molecule has 0 aliphatic carbocycles. The van der Waals surface area contributed by atoms with E-state index in [4.69, 9.17) is 0 Å². The molecule has 0 saturated heterocycles. The molecule has 74 valence electrons. The molecular formula is C12H19F. The third kappa shape index (κ3) is 3.17. The molecule has 1 rings (SSSR count). The summed E-state index contributed by atoms with van der Waals surface area (Å²) in [5.41, 5.74) is 2.00. The summed E-state index contributed by atoms with van der Waals surface area (Å²) in [7, 11) is 0. The molecule has 0 saturated carbocycles. The Balaban J connectivity index is 0.000000671. The van der Waals surface area contributed by atoms with E-state index in [1.807, 2.05) is 33.8 Å². The van der Waals surface area contributed by atoms with Gasteiger partial charge in [0.15, 0.2) is 0 Å².